The van der Waals surface area contributed by atoms with Crippen molar-refractivity contribution in [2.75, 3.05) is 17.6 Å². The third-order valence-corrected chi connectivity index (χ3v) is 6.83. The van der Waals surface area contributed by atoms with Crippen LogP contribution in [0.25, 0.3) is 17.3 Å². The molecular formula is C25H32FN3O6S. The summed E-state index contributed by atoms with van der Waals surface area (Å²) in [6.45, 7) is 7.30. The van der Waals surface area contributed by atoms with Crippen molar-refractivity contribution in [2.24, 2.45) is 0 Å². The highest BCUT2D eigenvalue weighted by Crippen LogP contribution is 2.33. The zero-order valence-corrected chi connectivity index (χ0v) is 22.0. The van der Waals surface area contributed by atoms with Crippen molar-refractivity contribution < 1.29 is 32.2 Å². The molecule has 0 saturated carbocycles. The standard InChI is InChI=1S/C25H32FN3O6S/c1-15(2)22-20(12-11-18-13-19(14-21(30)31)35-25(3,4)34-18)23(16-7-9-17(26)10-8-16)28-24(27-22)29(5)36(6,32)33/h7-12,15,18-19H,13-14H2,1-6H3,(H,30,31). The van der Waals surface area contributed by atoms with Gasteiger partial charge in [0.25, 0.3) is 0 Å². The van der Waals surface area contributed by atoms with Crippen LogP contribution in [0.4, 0.5) is 10.3 Å². The first-order valence-corrected chi connectivity index (χ1v) is 13.4. The zero-order chi connectivity index (χ0) is 26.8. The number of carbonyl (C=O) groups is 1. The topological polar surface area (TPSA) is 119 Å². The molecule has 11 heteroatoms. The average Bonchev–Trinajstić information content (AvgIpc) is 2.75. The third kappa shape index (κ3) is 6.86. The van der Waals surface area contributed by atoms with Crippen molar-refractivity contribution in [2.45, 2.75) is 64.4 Å². The third-order valence-electron chi connectivity index (χ3n) is 5.67. The Labute approximate surface area is 211 Å². The Morgan fingerprint density at radius 3 is 2.44 bits per heavy atom. The summed E-state index contributed by atoms with van der Waals surface area (Å²) < 4.78 is 50.8. The molecule has 1 aliphatic rings. The summed E-state index contributed by atoms with van der Waals surface area (Å²) in [6, 6.07) is 5.75. The quantitative estimate of drug-likeness (QED) is 0.549. The predicted molar refractivity (Wildman–Crippen MR) is 134 cm³/mol. The molecule has 0 aliphatic carbocycles. The summed E-state index contributed by atoms with van der Waals surface area (Å²) in [7, 11) is -2.25. The number of nitrogens with zero attached hydrogens (tertiary/aromatic N) is 3. The van der Waals surface area contributed by atoms with Crippen molar-refractivity contribution in [1.82, 2.24) is 9.97 Å². The molecule has 1 N–H and O–H groups in total. The van der Waals surface area contributed by atoms with E-state index in [4.69, 9.17) is 9.47 Å². The fourth-order valence-corrected chi connectivity index (χ4v) is 4.36. The Hall–Kier alpha value is -2.89. The molecule has 196 valence electrons. The van der Waals surface area contributed by atoms with Crippen LogP contribution in [-0.2, 0) is 24.3 Å². The van der Waals surface area contributed by atoms with Gasteiger partial charge in [-0.15, -0.1) is 0 Å². The molecule has 0 amide bonds. The molecule has 1 saturated heterocycles. The minimum atomic E-state index is -3.63. The fraction of sp³-hybridized carbons (Fsp3) is 0.480. The van der Waals surface area contributed by atoms with Gasteiger partial charge in [0.15, 0.2) is 5.79 Å². The smallest absolute Gasteiger partial charge is 0.305 e. The van der Waals surface area contributed by atoms with Crippen molar-refractivity contribution >= 4 is 28.0 Å². The lowest BCUT2D eigenvalue weighted by molar-refractivity contribution is -0.290. The fourth-order valence-electron chi connectivity index (χ4n) is 3.99. The molecule has 0 bridgehead atoms. The molecule has 0 radical (unpaired) electrons. The van der Waals surface area contributed by atoms with E-state index in [9.17, 15) is 22.7 Å². The maximum Gasteiger partial charge on any atom is 0.305 e. The Morgan fingerprint density at radius 2 is 1.89 bits per heavy atom. The van der Waals surface area contributed by atoms with Crippen LogP contribution < -0.4 is 4.31 Å². The number of anilines is 1. The highest BCUT2D eigenvalue weighted by Gasteiger charge is 2.35. The summed E-state index contributed by atoms with van der Waals surface area (Å²) in [4.78, 5) is 20.3. The lowest BCUT2D eigenvalue weighted by Crippen LogP contribution is -2.44. The summed E-state index contributed by atoms with van der Waals surface area (Å²) in [6.07, 6.45) is 3.88. The van der Waals surface area contributed by atoms with Crippen LogP contribution in [-0.4, -0.2) is 60.8 Å². The van der Waals surface area contributed by atoms with Gasteiger partial charge in [0.2, 0.25) is 16.0 Å². The minimum Gasteiger partial charge on any atom is -0.481 e. The van der Waals surface area contributed by atoms with Gasteiger partial charge in [-0.3, -0.25) is 4.79 Å². The van der Waals surface area contributed by atoms with Gasteiger partial charge in [0, 0.05) is 24.6 Å². The molecule has 9 nitrogen and oxygen atoms in total. The van der Waals surface area contributed by atoms with Crippen LogP contribution in [0.3, 0.4) is 0 Å². The van der Waals surface area contributed by atoms with E-state index in [-0.39, 0.29) is 18.3 Å². The molecule has 2 atom stereocenters. The number of carboxylic acids is 1. The molecule has 0 spiro atoms. The van der Waals surface area contributed by atoms with Gasteiger partial charge < -0.3 is 14.6 Å². The number of aliphatic carboxylic acids is 1. The van der Waals surface area contributed by atoms with Crippen LogP contribution in [0.1, 0.15) is 57.7 Å². The van der Waals surface area contributed by atoms with Gasteiger partial charge in [-0.25, -0.2) is 27.1 Å². The summed E-state index contributed by atoms with van der Waals surface area (Å²) in [5.74, 6) is -2.45. The van der Waals surface area contributed by atoms with Gasteiger partial charge in [-0.05, 0) is 44.0 Å². The number of benzene rings is 1. The van der Waals surface area contributed by atoms with Crippen LogP contribution in [0.15, 0.2) is 30.3 Å². The Balaban J connectivity index is 2.13. The normalized spacial score (nSPS) is 20.1. The van der Waals surface area contributed by atoms with E-state index in [1.54, 1.807) is 38.1 Å². The predicted octanol–water partition coefficient (Wildman–Crippen LogP) is 4.20. The average molecular weight is 522 g/mol. The molecular weight excluding hydrogens is 489 g/mol. The van der Waals surface area contributed by atoms with Crippen LogP contribution in [0.2, 0.25) is 0 Å². The minimum absolute atomic E-state index is 0.00245. The maximum absolute atomic E-state index is 13.7. The van der Waals surface area contributed by atoms with E-state index in [1.165, 1.54) is 19.2 Å². The van der Waals surface area contributed by atoms with Crippen molar-refractivity contribution in [3.8, 4) is 11.3 Å². The van der Waals surface area contributed by atoms with Gasteiger partial charge in [0.05, 0.1) is 36.3 Å². The van der Waals surface area contributed by atoms with E-state index < -0.39 is 39.8 Å². The summed E-state index contributed by atoms with van der Waals surface area (Å²) in [5, 5.41) is 9.21. The maximum atomic E-state index is 13.7. The largest absolute Gasteiger partial charge is 0.481 e. The SMILES string of the molecule is CC(C)c1nc(N(C)S(C)(=O)=O)nc(-c2ccc(F)cc2)c1C=CC1CC(CC(=O)O)OC(C)(C)O1. The molecule has 36 heavy (non-hydrogen) atoms. The molecule has 3 rings (SSSR count). The van der Waals surface area contributed by atoms with E-state index >= 15 is 0 Å². The number of halogens is 1. The van der Waals surface area contributed by atoms with Gasteiger partial charge in [0.1, 0.15) is 5.82 Å². The molecule has 1 aromatic heterocycles. The van der Waals surface area contributed by atoms with Gasteiger partial charge in [-0.2, -0.15) is 0 Å². The number of hydrogen-bond donors (Lipinski definition) is 1. The van der Waals surface area contributed by atoms with Crippen LogP contribution in [0.5, 0.6) is 0 Å². The van der Waals surface area contributed by atoms with Crippen molar-refractivity contribution in [3.63, 3.8) is 0 Å². The van der Waals surface area contributed by atoms with E-state index in [2.05, 4.69) is 9.97 Å². The summed E-state index contributed by atoms with van der Waals surface area (Å²) >= 11 is 0. The molecule has 1 aromatic carbocycles. The van der Waals surface area contributed by atoms with E-state index in [1.807, 2.05) is 13.8 Å². The van der Waals surface area contributed by atoms with Crippen LogP contribution >= 0.6 is 0 Å². The highest BCUT2D eigenvalue weighted by molar-refractivity contribution is 7.92. The second kappa shape index (κ2) is 10.6. The second-order valence-corrected chi connectivity index (χ2v) is 11.6. The Bertz CT molecular complexity index is 1250. The molecule has 2 aromatic rings. The lowest BCUT2D eigenvalue weighted by atomic mass is 9.97. The number of rotatable bonds is 8. The zero-order valence-electron chi connectivity index (χ0n) is 21.2. The highest BCUT2D eigenvalue weighted by atomic mass is 32.2. The van der Waals surface area contributed by atoms with Crippen LogP contribution in [0, 0.1) is 5.82 Å². The molecule has 2 unspecified atom stereocenters. The Kier molecular flexibility index (Phi) is 8.17. The summed E-state index contributed by atoms with van der Waals surface area (Å²) in [5.41, 5.74) is 2.24. The number of carboxylic acid groups (broad SMARTS) is 1. The number of aromatic nitrogens is 2. The number of sulfonamides is 1. The van der Waals surface area contributed by atoms with Crippen molar-refractivity contribution in [1.29, 1.82) is 0 Å². The number of hydrogen-bond acceptors (Lipinski definition) is 7. The molecule has 2 heterocycles. The van der Waals surface area contributed by atoms with E-state index in [0.29, 0.717) is 28.9 Å². The van der Waals surface area contributed by atoms with Gasteiger partial charge >= 0.3 is 5.97 Å². The second-order valence-electron chi connectivity index (χ2n) is 9.55. The monoisotopic (exact) mass is 521 g/mol. The van der Waals surface area contributed by atoms with E-state index in [0.717, 1.165) is 10.6 Å². The Morgan fingerprint density at radius 1 is 1.25 bits per heavy atom. The first kappa shape index (κ1) is 27.7. The number of ether oxygens (including phenoxy) is 2. The molecule has 1 fully saturated rings. The molecule has 1 aliphatic heterocycles. The first-order valence-electron chi connectivity index (χ1n) is 11.5. The lowest BCUT2D eigenvalue weighted by Gasteiger charge is -2.39. The van der Waals surface area contributed by atoms with Gasteiger partial charge in [-0.1, -0.05) is 26.0 Å². The first-order chi connectivity index (χ1) is 16.7. The van der Waals surface area contributed by atoms with Crippen molar-refractivity contribution in [3.05, 3.63) is 47.4 Å².